The van der Waals surface area contributed by atoms with Crippen LogP contribution in [0, 0.1) is 20.8 Å². The first-order valence-electron chi connectivity index (χ1n) is 10.2. The van der Waals surface area contributed by atoms with Crippen molar-refractivity contribution in [2.24, 2.45) is 0 Å². The fourth-order valence-electron chi connectivity index (χ4n) is 3.86. The zero-order valence-corrected chi connectivity index (χ0v) is 18.5. The third-order valence-corrected chi connectivity index (χ3v) is 6.66. The van der Waals surface area contributed by atoms with Gasteiger partial charge in [-0.05, 0) is 27.8 Å². The number of amides is 1. The van der Waals surface area contributed by atoms with Crippen LogP contribution < -0.4 is 9.80 Å². The summed E-state index contributed by atoms with van der Waals surface area (Å²) in [4.78, 5) is 36.4. The zero-order chi connectivity index (χ0) is 20.5. The molecule has 9 heteroatoms. The molecular weight excluding hydrogens is 386 g/mol. The predicted molar refractivity (Wildman–Crippen MR) is 116 cm³/mol. The van der Waals surface area contributed by atoms with Crippen LogP contribution in [-0.4, -0.2) is 90.1 Å². The molecule has 2 fully saturated rings. The van der Waals surface area contributed by atoms with Crippen LogP contribution in [0.2, 0.25) is 0 Å². The van der Waals surface area contributed by atoms with Gasteiger partial charge in [0.15, 0.2) is 0 Å². The first kappa shape index (κ1) is 20.0. The van der Waals surface area contributed by atoms with Crippen molar-refractivity contribution in [2.75, 3.05) is 69.2 Å². The Hall–Kier alpha value is -2.26. The molecule has 2 aliphatic heterocycles. The maximum absolute atomic E-state index is 12.9. The molecule has 4 heterocycles. The molecule has 4 rings (SSSR count). The van der Waals surface area contributed by atoms with Gasteiger partial charge in [0.25, 0.3) is 5.91 Å². The average Bonchev–Trinajstić information content (AvgIpc) is 3.05. The highest BCUT2D eigenvalue weighted by atomic mass is 32.1. The average molecular weight is 416 g/mol. The summed E-state index contributed by atoms with van der Waals surface area (Å²) in [5, 5.41) is 0.939. The number of nitrogens with zero attached hydrogens (tertiary/aromatic N) is 7. The molecule has 2 aromatic rings. The van der Waals surface area contributed by atoms with Crippen LogP contribution in [0.3, 0.4) is 0 Å². The quantitative estimate of drug-likeness (QED) is 0.754. The first-order valence-corrected chi connectivity index (χ1v) is 11.0. The lowest BCUT2D eigenvalue weighted by atomic mass is 10.2. The van der Waals surface area contributed by atoms with Gasteiger partial charge < -0.3 is 19.6 Å². The molecule has 0 aromatic carbocycles. The molecule has 0 radical (unpaired) electrons. The minimum Gasteiger partial charge on any atom is -0.354 e. The Morgan fingerprint density at radius 1 is 0.897 bits per heavy atom. The number of hydrogen-bond acceptors (Lipinski definition) is 8. The number of aromatic nitrogens is 3. The Morgan fingerprint density at radius 2 is 1.55 bits per heavy atom. The molecule has 0 unspecified atom stereocenters. The van der Waals surface area contributed by atoms with E-state index in [1.807, 2.05) is 25.7 Å². The number of piperazine rings is 2. The Morgan fingerprint density at radius 3 is 2.17 bits per heavy atom. The minimum absolute atomic E-state index is 0.0936. The summed E-state index contributed by atoms with van der Waals surface area (Å²) in [7, 11) is 2.16. The van der Waals surface area contributed by atoms with Gasteiger partial charge in [-0.1, -0.05) is 0 Å². The number of thiazole rings is 1. The third kappa shape index (κ3) is 4.35. The van der Waals surface area contributed by atoms with Gasteiger partial charge in [0.1, 0.15) is 10.7 Å². The van der Waals surface area contributed by atoms with Gasteiger partial charge in [-0.15, -0.1) is 11.3 Å². The van der Waals surface area contributed by atoms with E-state index in [-0.39, 0.29) is 5.91 Å². The van der Waals surface area contributed by atoms with Gasteiger partial charge in [0.05, 0.1) is 10.7 Å². The lowest BCUT2D eigenvalue weighted by Gasteiger charge is -2.36. The van der Waals surface area contributed by atoms with Gasteiger partial charge in [-0.25, -0.2) is 9.97 Å². The van der Waals surface area contributed by atoms with Gasteiger partial charge in [0.2, 0.25) is 5.95 Å². The lowest BCUT2D eigenvalue weighted by Crippen LogP contribution is -2.49. The molecule has 0 N–H and O–H groups in total. The van der Waals surface area contributed by atoms with Gasteiger partial charge in [0, 0.05) is 64.1 Å². The second-order valence-electron chi connectivity index (χ2n) is 7.88. The second-order valence-corrected chi connectivity index (χ2v) is 9.09. The van der Waals surface area contributed by atoms with E-state index in [9.17, 15) is 4.79 Å². The Labute approximate surface area is 176 Å². The molecule has 0 bridgehead atoms. The minimum atomic E-state index is 0.0936. The van der Waals surface area contributed by atoms with Crippen molar-refractivity contribution in [3.8, 4) is 0 Å². The highest BCUT2D eigenvalue weighted by Gasteiger charge is 2.27. The van der Waals surface area contributed by atoms with E-state index in [1.165, 1.54) is 11.3 Å². The van der Waals surface area contributed by atoms with Crippen molar-refractivity contribution in [3.05, 3.63) is 27.3 Å². The number of aryl methyl sites for hydroxylation is 3. The molecule has 1 amide bonds. The predicted octanol–water partition coefficient (Wildman–Crippen LogP) is 1.57. The van der Waals surface area contributed by atoms with Gasteiger partial charge in [-0.2, -0.15) is 4.98 Å². The summed E-state index contributed by atoms with van der Waals surface area (Å²) >= 11 is 1.48. The van der Waals surface area contributed by atoms with Crippen molar-refractivity contribution < 1.29 is 4.79 Å². The topological polar surface area (TPSA) is 68.7 Å². The molecule has 29 heavy (non-hydrogen) atoms. The van der Waals surface area contributed by atoms with E-state index in [1.54, 1.807) is 0 Å². The summed E-state index contributed by atoms with van der Waals surface area (Å²) in [5.41, 5.74) is 1.82. The van der Waals surface area contributed by atoms with E-state index in [4.69, 9.17) is 4.98 Å². The lowest BCUT2D eigenvalue weighted by molar-refractivity contribution is 0.0750. The fraction of sp³-hybridized carbons (Fsp3) is 0.600. The molecule has 0 aliphatic carbocycles. The standard InChI is InChI=1S/C20H29N7OS/c1-14-13-17(25-7-5-24(4)6-8-25)23-20(21-14)27-11-9-26(10-12-27)19(28)18-15(2)22-16(3)29-18/h13H,5-12H2,1-4H3. The van der Waals surface area contributed by atoms with Crippen LogP contribution >= 0.6 is 11.3 Å². The normalized spacial score (nSPS) is 18.4. The molecule has 0 spiro atoms. The Kier molecular flexibility index (Phi) is 5.69. The molecule has 0 saturated carbocycles. The van der Waals surface area contributed by atoms with E-state index in [0.717, 1.165) is 72.3 Å². The Bertz CT molecular complexity index is 883. The van der Waals surface area contributed by atoms with Crippen molar-refractivity contribution in [1.29, 1.82) is 0 Å². The molecular formula is C20H29N7OS. The Balaban J connectivity index is 1.43. The maximum Gasteiger partial charge on any atom is 0.265 e. The largest absolute Gasteiger partial charge is 0.354 e. The summed E-state index contributed by atoms with van der Waals surface area (Å²) in [6.45, 7) is 12.8. The molecule has 0 atom stereocenters. The summed E-state index contributed by atoms with van der Waals surface area (Å²) in [6.07, 6.45) is 0. The second kappa shape index (κ2) is 8.23. The number of hydrogen-bond donors (Lipinski definition) is 0. The van der Waals surface area contributed by atoms with Gasteiger partial charge in [-0.3, -0.25) is 4.79 Å². The van der Waals surface area contributed by atoms with Gasteiger partial charge >= 0.3 is 0 Å². The van der Waals surface area contributed by atoms with Crippen LogP contribution in [0.1, 0.15) is 26.1 Å². The van der Waals surface area contributed by atoms with E-state index in [2.05, 4.69) is 37.8 Å². The van der Waals surface area contributed by atoms with Crippen LogP contribution in [0.4, 0.5) is 11.8 Å². The SMILES string of the molecule is Cc1cc(N2CCN(C)CC2)nc(N2CCN(C(=O)c3sc(C)nc3C)CC2)n1. The fourth-order valence-corrected chi connectivity index (χ4v) is 4.75. The molecule has 2 aliphatic rings. The summed E-state index contributed by atoms with van der Waals surface area (Å²) in [5.74, 6) is 1.88. The zero-order valence-electron chi connectivity index (χ0n) is 17.7. The number of anilines is 2. The summed E-state index contributed by atoms with van der Waals surface area (Å²) in [6, 6.07) is 2.07. The van der Waals surface area contributed by atoms with Crippen LogP contribution in [-0.2, 0) is 0 Å². The first-order chi connectivity index (χ1) is 13.9. The van der Waals surface area contributed by atoms with Crippen molar-refractivity contribution in [2.45, 2.75) is 20.8 Å². The number of carbonyl (C=O) groups is 1. The third-order valence-electron chi connectivity index (χ3n) is 5.60. The number of rotatable bonds is 3. The van der Waals surface area contributed by atoms with E-state index < -0.39 is 0 Å². The van der Waals surface area contributed by atoms with Crippen LogP contribution in [0.5, 0.6) is 0 Å². The van der Waals surface area contributed by atoms with Crippen molar-refractivity contribution >= 4 is 29.0 Å². The van der Waals surface area contributed by atoms with Crippen LogP contribution in [0.25, 0.3) is 0 Å². The number of carbonyl (C=O) groups excluding carboxylic acids is 1. The molecule has 156 valence electrons. The molecule has 2 aromatic heterocycles. The molecule has 2 saturated heterocycles. The van der Waals surface area contributed by atoms with Crippen molar-refractivity contribution in [1.82, 2.24) is 24.8 Å². The van der Waals surface area contributed by atoms with Crippen LogP contribution in [0.15, 0.2) is 6.07 Å². The van der Waals surface area contributed by atoms with E-state index >= 15 is 0 Å². The monoisotopic (exact) mass is 415 g/mol. The highest BCUT2D eigenvalue weighted by molar-refractivity contribution is 7.13. The van der Waals surface area contributed by atoms with E-state index in [0.29, 0.717) is 13.1 Å². The molecule has 8 nitrogen and oxygen atoms in total. The van der Waals surface area contributed by atoms with Crippen molar-refractivity contribution in [3.63, 3.8) is 0 Å². The maximum atomic E-state index is 12.9. The smallest absolute Gasteiger partial charge is 0.265 e. The summed E-state index contributed by atoms with van der Waals surface area (Å²) < 4.78 is 0. The number of likely N-dealkylation sites (N-methyl/N-ethyl adjacent to an activating group) is 1. The highest BCUT2D eigenvalue weighted by Crippen LogP contribution is 2.22.